The molecule has 0 saturated heterocycles. The fraction of sp³-hybridized carbons (Fsp3) is 0.308. The fourth-order valence-corrected chi connectivity index (χ4v) is 2.02. The Bertz CT molecular complexity index is 595. The van der Waals surface area contributed by atoms with Crippen LogP contribution in [0.4, 0.5) is 4.39 Å². The summed E-state index contributed by atoms with van der Waals surface area (Å²) in [4.78, 5) is 12.0. The van der Waals surface area contributed by atoms with Gasteiger partial charge in [0.25, 0.3) is 0 Å². The van der Waals surface area contributed by atoms with Gasteiger partial charge in [0.05, 0.1) is 6.54 Å². The van der Waals surface area contributed by atoms with Gasteiger partial charge in [-0.2, -0.15) is 0 Å². The van der Waals surface area contributed by atoms with E-state index < -0.39 is 5.82 Å². The highest BCUT2D eigenvalue weighted by atomic mass is 35.5. The molecule has 1 aromatic carbocycles. The monoisotopic (exact) mass is 268 g/mol. The number of hydrogen-bond donors (Lipinski definition) is 0. The Balaban J connectivity index is 2.38. The van der Waals surface area contributed by atoms with E-state index in [1.54, 1.807) is 29.1 Å². The van der Waals surface area contributed by atoms with Crippen molar-refractivity contribution >= 4 is 11.6 Å². The molecule has 3 nitrogen and oxygen atoms in total. The van der Waals surface area contributed by atoms with Crippen LogP contribution >= 0.6 is 11.6 Å². The summed E-state index contributed by atoms with van der Waals surface area (Å²) >= 11 is 5.94. The highest BCUT2D eigenvalue weighted by molar-refractivity contribution is 6.31. The number of rotatable bonds is 3. The highest BCUT2D eigenvalue weighted by Crippen LogP contribution is 2.19. The van der Waals surface area contributed by atoms with Gasteiger partial charge in [-0.05, 0) is 26.0 Å². The molecule has 1 aromatic heterocycles. The van der Waals surface area contributed by atoms with Crippen molar-refractivity contribution in [3.8, 4) is 0 Å². The first-order valence-corrected chi connectivity index (χ1v) is 6.08. The maximum Gasteiger partial charge on any atom is 0.328 e. The Kier molecular flexibility index (Phi) is 3.57. The van der Waals surface area contributed by atoms with Gasteiger partial charge in [0.2, 0.25) is 0 Å². The zero-order valence-corrected chi connectivity index (χ0v) is 11.0. The fourth-order valence-electron chi connectivity index (χ4n) is 1.80. The molecule has 0 saturated carbocycles. The zero-order valence-electron chi connectivity index (χ0n) is 10.2. The first-order valence-electron chi connectivity index (χ1n) is 5.71. The van der Waals surface area contributed by atoms with E-state index in [0.717, 1.165) is 0 Å². The molecule has 0 fully saturated rings. The van der Waals surface area contributed by atoms with E-state index in [-0.39, 0.29) is 18.3 Å². The Labute approximate surface area is 109 Å². The molecule has 0 unspecified atom stereocenters. The van der Waals surface area contributed by atoms with Crippen molar-refractivity contribution in [1.29, 1.82) is 0 Å². The molecule has 0 aliphatic carbocycles. The van der Waals surface area contributed by atoms with Gasteiger partial charge >= 0.3 is 5.69 Å². The van der Waals surface area contributed by atoms with Crippen LogP contribution in [0.2, 0.25) is 5.02 Å². The van der Waals surface area contributed by atoms with Gasteiger partial charge < -0.3 is 0 Å². The minimum Gasteiger partial charge on any atom is -0.297 e. The molecule has 2 rings (SSSR count). The van der Waals surface area contributed by atoms with Gasteiger partial charge in [0.1, 0.15) is 5.82 Å². The van der Waals surface area contributed by atoms with Gasteiger partial charge in [-0.15, -0.1) is 0 Å². The molecule has 0 aliphatic rings. The van der Waals surface area contributed by atoms with E-state index in [4.69, 9.17) is 11.6 Å². The molecular formula is C13H14ClFN2O. The smallest absolute Gasteiger partial charge is 0.297 e. The van der Waals surface area contributed by atoms with Crippen LogP contribution in [0.5, 0.6) is 0 Å². The van der Waals surface area contributed by atoms with E-state index in [0.29, 0.717) is 10.6 Å². The molecular weight excluding hydrogens is 255 g/mol. The number of aromatic nitrogens is 2. The molecule has 2 aromatic rings. The number of halogens is 2. The van der Waals surface area contributed by atoms with Crippen molar-refractivity contribution in [3.63, 3.8) is 0 Å². The number of nitrogens with zero attached hydrogens (tertiary/aromatic N) is 2. The lowest BCUT2D eigenvalue weighted by Gasteiger charge is -2.07. The third kappa shape index (κ3) is 2.34. The minimum atomic E-state index is -0.397. The number of benzene rings is 1. The molecule has 5 heteroatoms. The summed E-state index contributed by atoms with van der Waals surface area (Å²) in [5.74, 6) is -0.397. The van der Waals surface area contributed by atoms with Crippen LogP contribution < -0.4 is 5.69 Å². The predicted molar refractivity (Wildman–Crippen MR) is 69.6 cm³/mol. The summed E-state index contributed by atoms with van der Waals surface area (Å²) in [6.07, 6.45) is 3.34. The van der Waals surface area contributed by atoms with E-state index >= 15 is 0 Å². The van der Waals surface area contributed by atoms with Gasteiger partial charge in [-0.1, -0.05) is 17.7 Å². The van der Waals surface area contributed by atoms with Crippen molar-refractivity contribution in [3.05, 3.63) is 57.5 Å². The Hall–Kier alpha value is -1.55. The normalized spacial score (nSPS) is 11.2. The maximum atomic E-state index is 13.6. The second-order valence-electron chi connectivity index (χ2n) is 4.41. The van der Waals surface area contributed by atoms with Gasteiger partial charge in [-0.25, -0.2) is 9.18 Å². The van der Waals surface area contributed by atoms with E-state index in [2.05, 4.69) is 0 Å². The lowest BCUT2D eigenvalue weighted by Crippen LogP contribution is -2.25. The second-order valence-corrected chi connectivity index (χ2v) is 4.82. The average molecular weight is 269 g/mol. The molecule has 1 heterocycles. The van der Waals surface area contributed by atoms with Crippen LogP contribution in [0.3, 0.4) is 0 Å². The molecule has 0 N–H and O–H groups in total. The summed E-state index contributed by atoms with van der Waals surface area (Å²) in [5.41, 5.74) is 0.173. The van der Waals surface area contributed by atoms with E-state index in [9.17, 15) is 9.18 Å². The van der Waals surface area contributed by atoms with E-state index in [1.807, 2.05) is 13.8 Å². The number of imidazole rings is 1. The van der Waals surface area contributed by atoms with Crippen molar-refractivity contribution in [2.75, 3.05) is 0 Å². The van der Waals surface area contributed by atoms with Crippen LogP contribution in [0.15, 0.2) is 35.4 Å². The first-order chi connectivity index (χ1) is 8.50. The summed E-state index contributed by atoms with van der Waals surface area (Å²) in [6.45, 7) is 3.98. The molecule has 0 radical (unpaired) electrons. The molecule has 0 atom stereocenters. The Morgan fingerprint density at radius 2 is 2.06 bits per heavy atom. The lowest BCUT2D eigenvalue weighted by molar-refractivity contribution is 0.553. The van der Waals surface area contributed by atoms with Crippen LogP contribution in [-0.2, 0) is 6.54 Å². The zero-order chi connectivity index (χ0) is 13.3. The Morgan fingerprint density at radius 1 is 1.33 bits per heavy atom. The SMILES string of the molecule is CC(C)n1ccn(Cc2c(F)cccc2Cl)c1=O. The van der Waals surface area contributed by atoms with Crippen molar-refractivity contribution < 1.29 is 4.39 Å². The number of hydrogen-bond acceptors (Lipinski definition) is 1. The molecule has 18 heavy (non-hydrogen) atoms. The molecule has 96 valence electrons. The largest absolute Gasteiger partial charge is 0.328 e. The van der Waals surface area contributed by atoms with Crippen molar-refractivity contribution in [2.45, 2.75) is 26.4 Å². The molecule has 0 bridgehead atoms. The summed E-state index contributed by atoms with van der Waals surface area (Å²) in [7, 11) is 0. The topological polar surface area (TPSA) is 26.9 Å². The Morgan fingerprint density at radius 3 is 2.61 bits per heavy atom. The molecule has 0 spiro atoms. The lowest BCUT2D eigenvalue weighted by atomic mass is 10.2. The predicted octanol–water partition coefficient (Wildman–Crippen LogP) is 3.07. The summed E-state index contributed by atoms with van der Waals surface area (Å²) in [5, 5.41) is 0.333. The van der Waals surface area contributed by atoms with Crippen LogP contribution in [0.25, 0.3) is 0 Å². The summed E-state index contributed by atoms with van der Waals surface area (Å²) in [6, 6.07) is 4.58. The molecule has 0 aliphatic heterocycles. The standard InChI is InChI=1S/C13H14ClFN2O/c1-9(2)17-7-6-16(13(17)18)8-10-11(14)4-3-5-12(10)15/h3-7,9H,8H2,1-2H3. The van der Waals surface area contributed by atoms with Crippen LogP contribution in [0.1, 0.15) is 25.5 Å². The minimum absolute atomic E-state index is 0.0786. The summed E-state index contributed by atoms with van der Waals surface area (Å²) < 4.78 is 16.7. The van der Waals surface area contributed by atoms with E-state index in [1.165, 1.54) is 10.6 Å². The molecule has 0 amide bonds. The van der Waals surface area contributed by atoms with Gasteiger partial charge in [-0.3, -0.25) is 9.13 Å². The second kappa shape index (κ2) is 4.98. The first kappa shape index (κ1) is 12.9. The van der Waals surface area contributed by atoms with Gasteiger partial charge in [0, 0.05) is 29.0 Å². The van der Waals surface area contributed by atoms with Crippen molar-refractivity contribution in [2.24, 2.45) is 0 Å². The van der Waals surface area contributed by atoms with Crippen LogP contribution in [-0.4, -0.2) is 9.13 Å². The quantitative estimate of drug-likeness (QED) is 0.840. The average Bonchev–Trinajstić information content (AvgIpc) is 2.66. The highest BCUT2D eigenvalue weighted by Gasteiger charge is 2.11. The van der Waals surface area contributed by atoms with Gasteiger partial charge in [0.15, 0.2) is 0 Å². The van der Waals surface area contributed by atoms with Crippen molar-refractivity contribution in [1.82, 2.24) is 9.13 Å². The third-order valence-corrected chi connectivity index (χ3v) is 3.17. The third-order valence-electron chi connectivity index (χ3n) is 2.82. The maximum absolute atomic E-state index is 13.6. The van der Waals surface area contributed by atoms with Crippen LogP contribution in [0, 0.1) is 5.82 Å².